The molecule has 0 radical (unpaired) electrons. The van der Waals surface area contributed by atoms with Gasteiger partial charge in [-0.15, -0.1) is 0 Å². The molecule has 0 spiro atoms. The van der Waals surface area contributed by atoms with Gasteiger partial charge in [0, 0.05) is 12.3 Å². The fourth-order valence-corrected chi connectivity index (χ4v) is 2.05. The van der Waals surface area contributed by atoms with Gasteiger partial charge in [0.15, 0.2) is 5.58 Å². The van der Waals surface area contributed by atoms with Crippen molar-refractivity contribution in [3.8, 4) is 0 Å². The summed E-state index contributed by atoms with van der Waals surface area (Å²) in [6.07, 6.45) is 0. The lowest BCUT2D eigenvalue weighted by Crippen LogP contribution is -2.36. The van der Waals surface area contributed by atoms with Crippen molar-refractivity contribution in [1.29, 1.82) is 0 Å². The summed E-state index contributed by atoms with van der Waals surface area (Å²) in [5.74, 6) is 0.469. The van der Waals surface area contributed by atoms with E-state index in [2.05, 4.69) is 4.98 Å². The third-order valence-electron chi connectivity index (χ3n) is 2.22. The van der Waals surface area contributed by atoms with Gasteiger partial charge in [0.1, 0.15) is 5.52 Å². The van der Waals surface area contributed by atoms with Gasteiger partial charge in [-0.1, -0.05) is 23.9 Å². The largest absolute Gasteiger partial charge is 0.431 e. The van der Waals surface area contributed by atoms with Crippen LogP contribution in [-0.4, -0.2) is 28.0 Å². The normalized spacial score (nSPS) is 15.2. The Morgan fingerprint density at radius 3 is 2.94 bits per heavy atom. The van der Waals surface area contributed by atoms with Gasteiger partial charge in [0.25, 0.3) is 5.22 Å². The highest BCUT2D eigenvalue weighted by Gasteiger charge is 2.19. The van der Waals surface area contributed by atoms with E-state index in [0.717, 1.165) is 11.1 Å². The van der Waals surface area contributed by atoms with Crippen LogP contribution in [0.15, 0.2) is 33.9 Å². The fraction of sp³-hybridized carbons (Fsp3) is 0.364. The number of benzene rings is 1. The van der Waals surface area contributed by atoms with E-state index < -0.39 is 5.60 Å². The number of hydrogen-bond acceptors (Lipinski definition) is 5. The SMILES string of the molecule is CC(O)(CN)CSc1nc2ccccc2o1. The smallest absolute Gasteiger partial charge is 0.256 e. The van der Waals surface area contributed by atoms with Gasteiger partial charge in [0.05, 0.1) is 5.60 Å². The molecule has 1 aromatic carbocycles. The molecule has 4 nitrogen and oxygen atoms in total. The first-order chi connectivity index (χ1) is 7.61. The van der Waals surface area contributed by atoms with Crippen molar-refractivity contribution in [2.24, 2.45) is 5.73 Å². The van der Waals surface area contributed by atoms with E-state index in [-0.39, 0.29) is 6.54 Å². The summed E-state index contributed by atoms with van der Waals surface area (Å²) in [6, 6.07) is 7.57. The van der Waals surface area contributed by atoms with Gasteiger partial charge in [-0.2, -0.15) is 0 Å². The van der Waals surface area contributed by atoms with Crippen LogP contribution < -0.4 is 5.73 Å². The third kappa shape index (κ3) is 2.55. The second kappa shape index (κ2) is 4.45. The first-order valence-electron chi connectivity index (χ1n) is 5.01. The molecule has 1 unspecified atom stereocenters. The van der Waals surface area contributed by atoms with E-state index in [9.17, 15) is 5.11 Å². The van der Waals surface area contributed by atoms with Crippen LogP contribution in [0, 0.1) is 0 Å². The Morgan fingerprint density at radius 1 is 1.50 bits per heavy atom. The van der Waals surface area contributed by atoms with Crippen molar-refractivity contribution in [2.75, 3.05) is 12.3 Å². The van der Waals surface area contributed by atoms with E-state index >= 15 is 0 Å². The summed E-state index contributed by atoms with van der Waals surface area (Å²) in [5, 5.41) is 10.3. The van der Waals surface area contributed by atoms with E-state index in [4.69, 9.17) is 10.2 Å². The van der Waals surface area contributed by atoms with Gasteiger partial charge >= 0.3 is 0 Å². The second-order valence-corrected chi connectivity index (χ2v) is 4.86. The second-order valence-electron chi connectivity index (χ2n) is 3.94. The molecule has 1 heterocycles. The molecular weight excluding hydrogens is 224 g/mol. The lowest BCUT2D eigenvalue weighted by molar-refractivity contribution is 0.0947. The van der Waals surface area contributed by atoms with E-state index in [0.29, 0.717) is 11.0 Å². The lowest BCUT2D eigenvalue weighted by atomic mass is 10.1. The zero-order valence-corrected chi connectivity index (χ0v) is 9.83. The molecule has 2 aromatic rings. The number of aliphatic hydroxyl groups is 1. The minimum absolute atomic E-state index is 0.222. The van der Waals surface area contributed by atoms with Crippen molar-refractivity contribution in [3.63, 3.8) is 0 Å². The maximum Gasteiger partial charge on any atom is 0.256 e. The predicted molar refractivity (Wildman–Crippen MR) is 64.4 cm³/mol. The average Bonchev–Trinajstić information content (AvgIpc) is 2.69. The zero-order chi connectivity index (χ0) is 11.6. The van der Waals surface area contributed by atoms with Crippen molar-refractivity contribution in [3.05, 3.63) is 24.3 Å². The molecule has 1 atom stereocenters. The Balaban J connectivity index is 2.10. The first-order valence-corrected chi connectivity index (χ1v) is 6.00. The van der Waals surface area contributed by atoms with Crippen LogP contribution in [0.5, 0.6) is 0 Å². The third-order valence-corrected chi connectivity index (χ3v) is 3.41. The Labute approximate surface area is 97.8 Å². The maximum absolute atomic E-state index is 9.74. The number of fused-ring (bicyclic) bond motifs is 1. The van der Waals surface area contributed by atoms with Crippen LogP contribution in [0.1, 0.15) is 6.92 Å². The highest BCUT2D eigenvalue weighted by molar-refractivity contribution is 7.99. The standard InChI is InChI=1S/C11H14N2O2S/c1-11(14,6-12)7-16-10-13-8-4-2-3-5-9(8)15-10/h2-5,14H,6-7,12H2,1H3. The summed E-state index contributed by atoms with van der Waals surface area (Å²) >= 11 is 1.37. The van der Waals surface area contributed by atoms with E-state index in [1.165, 1.54) is 11.8 Å². The number of hydrogen-bond donors (Lipinski definition) is 2. The molecule has 5 heteroatoms. The van der Waals surface area contributed by atoms with E-state index in [1.54, 1.807) is 6.92 Å². The number of thioether (sulfide) groups is 1. The highest BCUT2D eigenvalue weighted by atomic mass is 32.2. The summed E-state index contributed by atoms with van der Waals surface area (Å²) < 4.78 is 5.51. The summed E-state index contributed by atoms with van der Waals surface area (Å²) in [5.41, 5.74) is 6.14. The molecule has 2 rings (SSSR count). The van der Waals surface area contributed by atoms with Crippen molar-refractivity contribution >= 4 is 22.9 Å². The number of nitrogens with two attached hydrogens (primary N) is 1. The Kier molecular flexibility index (Phi) is 3.18. The topological polar surface area (TPSA) is 72.3 Å². The number of para-hydroxylation sites is 2. The predicted octanol–water partition coefficient (Wildman–Crippen LogP) is 1.63. The maximum atomic E-state index is 9.74. The van der Waals surface area contributed by atoms with Crippen LogP contribution in [0.4, 0.5) is 0 Å². The molecule has 0 fully saturated rings. The lowest BCUT2D eigenvalue weighted by Gasteiger charge is -2.18. The molecule has 0 amide bonds. The van der Waals surface area contributed by atoms with Crippen LogP contribution in [0.25, 0.3) is 11.1 Å². The quantitative estimate of drug-likeness (QED) is 0.792. The van der Waals surface area contributed by atoms with E-state index in [1.807, 2.05) is 24.3 Å². The van der Waals surface area contributed by atoms with Crippen LogP contribution in [0.3, 0.4) is 0 Å². The zero-order valence-electron chi connectivity index (χ0n) is 9.01. The molecule has 0 bridgehead atoms. The Hall–Kier alpha value is -1.04. The van der Waals surface area contributed by atoms with Crippen molar-refractivity contribution < 1.29 is 9.52 Å². The summed E-state index contributed by atoms with van der Waals surface area (Å²) in [7, 11) is 0. The minimum atomic E-state index is -0.884. The van der Waals surface area contributed by atoms with Crippen LogP contribution in [-0.2, 0) is 0 Å². The highest BCUT2D eigenvalue weighted by Crippen LogP contribution is 2.25. The molecular formula is C11H14N2O2S. The molecule has 3 N–H and O–H groups in total. The van der Waals surface area contributed by atoms with Gasteiger partial charge < -0.3 is 15.3 Å². The Bertz CT molecular complexity index is 449. The monoisotopic (exact) mass is 238 g/mol. The van der Waals surface area contributed by atoms with Gasteiger partial charge in [0.2, 0.25) is 0 Å². The summed E-state index contributed by atoms with van der Waals surface area (Å²) in [6.45, 7) is 1.92. The van der Waals surface area contributed by atoms with Crippen molar-refractivity contribution in [2.45, 2.75) is 17.7 Å². The molecule has 86 valence electrons. The molecule has 1 aromatic heterocycles. The molecule has 0 aliphatic carbocycles. The van der Waals surface area contributed by atoms with Crippen LogP contribution >= 0.6 is 11.8 Å². The minimum Gasteiger partial charge on any atom is -0.431 e. The molecule has 0 aliphatic rings. The molecule has 16 heavy (non-hydrogen) atoms. The van der Waals surface area contributed by atoms with Gasteiger partial charge in [-0.3, -0.25) is 0 Å². The molecule has 0 saturated carbocycles. The number of aromatic nitrogens is 1. The molecule has 0 aliphatic heterocycles. The van der Waals surface area contributed by atoms with Gasteiger partial charge in [-0.05, 0) is 19.1 Å². The number of oxazole rings is 1. The Morgan fingerprint density at radius 2 is 2.25 bits per heavy atom. The van der Waals surface area contributed by atoms with Crippen LogP contribution in [0.2, 0.25) is 0 Å². The van der Waals surface area contributed by atoms with Gasteiger partial charge in [-0.25, -0.2) is 4.98 Å². The molecule has 0 saturated heterocycles. The average molecular weight is 238 g/mol. The number of rotatable bonds is 4. The first kappa shape index (κ1) is 11.4. The van der Waals surface area contributed by atoms with Crippen molar-refractivity contribution in [1.82, 2.24) is 4.98 Å². The fourth-order valence-electron chi connectivity index (χ4n) is 1.19. The number of nitrogens with zero attached hydrogens (tertiary/aromatic N) is 1. The summed E-state index contributed by atoms with van der Waals surface area (Å²) in [4.78, 5) is 4.29.